The fraction of sp³-hybridized carbons (Fsp3) is 0.750. The summed E-state index contributed by atoms with van der Waals surface area (Å²) in [5.41, 5.74) is 0. The minimum Gasteiger partial charge on any atom is -0.350 e. The van der Waals surface area contributed by atoms with Crippen LogP contribution in [0.25, 0.3) is 0 Å². The van der Waals surface area contributed by atoms with E-state index in [1.54, 1.807) is 7.05 Å². The third kappa shape index (κ3) is 1.43. The molecule has 1 heterocycles. The lowest BCUT2D eigenvalue weighted by atomic mass is 10.00. The van der Waals surface area contributed by atoms with Crippen LogP contribution in [0.1, 0.15) is 20.3 Å². The molecule has 0 bridgehead atoms. The molecule has 2 atom stereocenters. The highest BCUT2D eigenvalue weighted by molar-refractivity contribution is 7.80. The number of carbonyl (C=O) groups is 1. The Bertz CT molecular complexity index is 217. The van der Waals surface area contributed by atoms with Crippen molar-refractivity contribution < 1.29 is 4.79 Å². The molecule has 4 heteroatoms. The average molecular weight is 186 g/mol. The van der Waals surface area contributed by atoms with E-state index in [1.165, 1.54) is 4.90 Å². The van der Waals surface area contributed by atoms with Crippen LogP contribution >= 0.6 is 12.2 Å². The van der Waals surface area contributed by atoms with E-state index < -0.39 is 0 Å². The zero-order chi connectivity index (χ0) is 9.30. The SMILES string of the molecule is CC[C@H](C)[C@@H]1NC(=S)N(C)C1=O. The molecule has 68 valence electrons. The summed E-state index contributed by atoms with van der Waals surface area (Å²) in [5.74, 6) is 0.440. The van der Waals surface area contributed by atoms with Crippen molar-refractivity contribution in [3.05, 3.63) is 0 Å². The minimum absolute atomic E-state index is 0.0920. The molecule has 12 heavy (non-hydrogen) atoms. The molecule has 1 saturated heterocycles. The number of nitrogens with one attached hydrogen (secondary N) is 1. The van der Waals surface area contributed by atoms with Crippen molar-refractivity contribution in [1.82, 2.24) is 10.2 Å². The van der Waals surface area contributed by atoms with E-state index in [-0.39, 0.29) is 11.9 Å². The summed E-state index contributed by atoms with van der Waals surface area (Å²) in [6, 6.07) is -0.104. The Morgan fingerprint density at radius 3 is 2.67 bits per heavy atom. The van der Waals surface area contributed by atoms with Crippen molar-refractivity contribution in [3.63, 3.8) is 0 Å². The Morgan fingerprint density at radius 1 is 1.75 bits per heavy atom. The minimum atomic E-state index is -0.104. The molecule has 0 unspecified atom stereocenters. The topological polar surface area (TPSA) is 32.3 Å². The van der Waals surface area contributed by atoms with Crippen LogP contribution in [0.15, 0.2) is 0 Å². The predicted octanol–water partition coefficient (Wildman–Crippen LogP) is 0.748. The molecule has 0 aromatic rings. The first-order valence-electron chi connectivity index (χ1n) is 4.16. The van der Waals surface area contributed by atoms with Crippen molar-refractivity contribution in [2.24, 2.45) is 5.92 Å². The molecule has 1 amide bonds. The third-order valence-corrected chi connectivity index (χ3v) is 2.78. The number of amides is 1. The number of thiocarbonyl (C=S) groups is 1. The normalized spacial score (nSPS) is 25.9. The van der Waals surface area contributed by atoms with Crippen molar-refractivity contribution >= 4 is 23.2 Å². The lowest BCUT2D eigenvalue weighted by Gasteiger charge is -2.14. The van der Waals surface area contributed by atoms with Gasteiger partial charge < -0.3 is 5.32 Å². The van der Waals surface area contributed by atoms with Crippen LogP contribution < -0.4 is 5.32 Å². The van der Waals surface area contributed by atoms with Gasteiger partial charge in [0.15, 0.2) is 5.11 Å². The summed E-state index contributed by atoms with van der Waals surface area (Å²) in [6.45, 7) is 4.12. The smallest absolute Gasteiger partial charge is 0.251 e. The summed E-state index contributed by atoms with van der Waals surface area (Å²) in [4.78, 5) is 13.0. The third-order valence-electron chi connectivity index (χ3n) is 2.39. The summed E-state index contributed by atoms with van der Waals surface area (Å²) < 4.78 is 0. The first-order valence-corrected chi connectivity index (χ1v) is 4.56. The Balaban J connectivity index is 2.71. The van der Waals surface area contributed by atoms with Crippen LogP contribution in [0, 0.1) is 5.92 Å². The summed E-state index contributed by atoms with van der Waals surface area (Å²) >= 11 is 4.96. The van der Waals surface area contributed by atoms with Crippen LogP contribution in [0.4, 0.5) is 0 Å². The van der Waals surface area contributed by atoms with Gasteiger partial charge in [0.1, 0.15) is 6.04 Å². The summed E-state index contributed by atoms with van der Waals surface area (Å²) in [5, 5.41) is 3.56. The van der Waals surface area contributed by atoms with E-state index in [9.17, 15) is 4.79 Å². The maximum Gasteiger partial charge on any atom is 0.251 e. The largest absolute Gasteiger partial charge is 0.350 e. The van der Waals surface area contributed by atoms with E-state index in [0.29, 0.717) is 11.0 Å². The van der Waals surface area contributed by atoms with Gasteiger partial charge >= 0.3 is 0 Å². The predicted molar refractivity (Wildman–Crippen MR) is 51.7 cm³/mol. The van der Waals surface area contributed by atoms with E-state index in [2.05, 4.69) is 19.2 Å². The number of rotatable bonds is 2. The molecule has 1 aliphatic rings. The molecule has 0 aromatic heterocycles. The number of hydrogen-bond donors (Lipinski definition) is 1. The van der Waals surface area contributed by atoms with Gasteiger partial charge in [0, 0.05) is 7.05 Å². The Labute approximate surface area is 78.1 Å². The molecule has 1 rings (SSSR count). The summed E-state index contributed by atoms with van der Waals surface area (Å²) in [6.07, 6.45) is 0.986. The maximum atomic E-state index is 11.5. The lowest BCUT2D eigenvalue weighted by Crippen LogP contribution is -2.35. The Hall–Kier alpha value is -0.640. The molecular formula is C8H14N2OS. The van der Waals surface area contributed by atoms with Crippen LogP contribution in [0.2, 0.25) is 0 Å². The molecule has 0 spiro atoms. The van der Waals surface area contributed by atoms with Gasteiger partial charge in [0.25, 0.3) is 5.91 Å². The maximum absolute atomic E-state index is 11.5. The second-order valence-electron chi connectivity index (χ2n) is 3.21. The average Bonchev–Trinajstić information content (AvgIpc) is 2.32. The highest BCUT2D eigenvalue weighted by atomic mass is 32.1. The Morgan fingerprint density at radius 2 is 2.33 bits per heavy atom. The fourth-order valence-electron chi connectivity index (χ4n) is 1.22. The van der Waals surface area contributed by atoms with Crippen LogP contribution in [0.3, 0.4) is 0 Å². The molecule has 1 N–H and O–H groups in total. The van der Waals surface area contributed by atoms with Crippen molar-refractivity contribution in [3.8, 4) is 0 Å². The van der Waals surface area contributed by atoms with Gasteiger partial charge in [0.2, 0.25) is 0 Å². The first-order chi connectivity index (χ1) is 5.57. The van der Waals surface area contributed by atoms with E-state index >= 15 is 0 Å². The standard InChI is InChI=1S/C8H14N2OS/c1-4-5(2)6-7(11)10(3)8(12)9-6/h5-6H,4H2,1-3H3,(H,9,12)/t5-,6-/m0/s1. The van der Waals surface area contributed by atoms with Gasteiger partial charge in [0.05, 0.1) is 0 Å². The van der Waals surface area contributed by atoms with Crippen LogP contribution in [-0.4, -0.2) is 29.0 Å². The highest BCUT2D eigenvalue weighted by Gasteiger charge is 2.35. The second-order valence-corrected chi connectivity index (χ2v) is 3.60. The van der Waals surface area contributed by atoms with Gasteiger partial charge in [-0.2, -0.15) is 0 Å². The molecule has 1 fully saturated rings. The Kier molecular flexibility index (Phi) is 2.67. The van der Waals surface area contributed by atoms with Gasteiger partial charge in [-0.1, -0.05) is 20.3 Å². The monoisotopic (exact) mass is 186 g/mol. The second kappa shape index (κ2) is 3.39. The first kappa shape index (κ1) is 9.45. The molecule has 0 aliphatic carbocycles. The van der Waals surface area contributed by atoms with Crippen molar-refractivity contribution in [1.29, 1.82) is 0 Å². The van der Waals surface area contributed by atoms with Gasteiger partial charge in [-0.05, 0) is 18.1 Å². The molecule has 0 saturated carbocycles. The van der Waals surface area contributed by atoms with Crippen molar-refractivity contribution in [2.75, 3.05) is 7.05 Å². The zero-order valence-corrected chi connectivity index (χ0v) is 8.44. The molecule has 0 radical (unpaired) electrons. The van der Waals surface area contributed by atoms with Gasteiger partial charge in [-0.25, -0.2) is 0 Å². The molecule has 1 aliphatic heterocycles. The van der Waals surface area contributed by atoms with E-state index in [4.69, 9.17) is 12.2 Å². The van der Waals surface area contributed by atoms with Crippen molar-refractivity contribution in [2.45, 2.75) is 26.3 Å². The molecule has 3 nitrogen and oxygen atoms in total. The number of hydrogen-bond acceptors (Lipinski definition) is 2. The summed E-state index contributed by atoms with van der Waals surface area (Å²) in [7, 11) is 1.71. The lowest BCUT2D eigenvalue weighted by molar-refractivity contribution is -0.127. The number of nitrogens with zero attached hydrogens (tertiary/aromatic N) is 1. The number of carbonyl (C=O) groups excluding carboxylic acids is 1. The number of likely N-dealkylation sites (N-methyl/N-ethyl adjacent to an activating group) is 1. The van der Waals surface area contributed by atoms with E-state index in [0.717, 1.165) is 6.42 Å². The fourth-order valence-corrected chi connectivity index (χ4v) is 1.44. The van der Waals surface area contributed by atoms with Gasteiger partial charge in [-0.3, -0.25) is 9.69 Å². The highest BCUT2D eigenvalue weighted by Crippen LogP contribution is 2.15. The van der Waals surface area contributed by atoms with Crippen LogP contribution in [-0.2, 0) is 4.79 Å². The quantitative estimate of drug-likeness (QED) is 0.646. The molecule has 0 aromatic carbocycles. The van der Waals surface area contributed by atoms with Gasteiger partial charge in [-0.15, -0.1) is 0 Å². The van der Waals surface area contributed by atoms with Crippen LogP contribution in [0.5, 0.6) is 0 Å². The zero-order valence-electron chi connectivity index (χ0n) is 7.63. The van der Waals surface area contributed by atoms with E-state index in [1.807, 2.05) is 0 Å². The molecular weight excluding hydrogens is 172 g/mol.